The second kappa shape index (κ2) is 5.11. The molecular formula is C15H19N5O. The molecule has 1 aliphatic carbocycles. The number of hydrogen-bond donors (Lipinski definition) is 0. The van der Waals surface area contributed by atoms with Gasteiger partial charge in [0.1, 0.15) is 6.26 Å². The molecule has 0 atom stereocenters. The maximum absolute atomic E-state index is 4.87. The quantitative estimate of drug-likeness (QED) is 0.843. The summed E-state index contributed by atoms with van der Waals surface area (Å²) >= 11 is 0. The Morgan fingerprint density at radius 1 is 1.33 bits per heavy atom. The third-order valence-electron chi connectivity index (χ3n) is 4.53. The van der Waals surface area contributed by atoms with Crippen molar-refractivity contribution in [1.82, 2.24) is 20.3 Å². The van der Waals surface area contributed by atoms with Crippen molar-refractivity contribution >= 4 is 5.82 Å². The first-order valence-electron chi connectivity index (χ1n) is 7.48. The van der Waals surface area contributed by atoms with E-state index in [4.69, 9.17) is 4.52 Å². The van der Waals surface area contributed by atoms with Gasteiger partial charge in [-0.2, -0.15) is 5.10 Å². The van der Waals surface area contributed by atoms with Crippen LogP contribution in [-0.4, -0.2) is 46.4 Å². The van der Waals surface area contributed by atoms with E-state index >= 15 is 0 Å². The van der Waals surface area contributed by atoms with E-state index in [2.05, 4.69) is 38.3 Å². The lowest BCUT2D eigenvalue weighted by Gasteiger charge is -2.44. The van der Waals surface area contributed by atoms with Crippen LogP contribution in [0.15, 0.2) is 23.0 Å². The van der Waals surface area contributed by atoms with Gasteiger partial charge in [-0.15, -0.1) is 5.10 Å². The fraction of sp³-hybridized carbons (Fsp3) is 0.533. The van der Waals surface area contributed by atoms with Crippen LogP contribution in [0.4, 0.5) is 5.82 Å². The SMILES string of the molecule is CN(Cc1cnoc1)C1CN(c2cc3c(nn2)CCC3)C1. The summed E-state index contributed by atoms with van der Waals surface area (Å²) in [7, 11) is 2.14. The van der Waals surface area contributed by atoms with Crippen LogP contribution in [0.1, 0.15) is 23.2 Å². The van der Waals surface area contributed by atoms with E-state index in [0.717, 1.165) is 43.9 Å². The lowest BCUT2D eigenvalue weighted by Crippen LogP contribution is -2.58. The molecule has 3 heterocycles. The van der Waals surface area contributed by atoms with Gasteiger partial charge < -0.3 is 9.42 Å². The van der Waals surface area contributed by atoms with Crippen LogP contribution in [0.3, 0.4) is 0 Å². The predicted octanol–water partition coefficient (Wildman–Crippen LogP) is 1.27. The molecule has 0 aromatic carbocycles. The van der Waals surface area contributed by atoms with Crippen LogP contribution in [0.25, 0.3) is 0 Å². The summed E-state index contributed by atoms with van der Waals surface area (Å²) in [4.78, 5) is 4.64. The number of rotatable bonds is 4. The van der Waals surface area contributed by atoms with Crippen LogP contribution in [0, 0.1) is 0 Å². The van der Waals surface area contributed by atoms with Gasteiger partial charge in [-0.25, -0.2) is 0 Å². The van der Waals surface area contributed by atoms with E-state index in [9.17, 15) is 0 Å². The molecule has 1 fully saturated rings. The van der Waals surface area contributed by atoms with Crippen molar-refractivity contribution in [3.8, 4) is 0 Å². The predicted molar refractivity (Wildman–Crippen MR) is 78.0 cm³/mol. The van der Waals surface area contributed by atoms with E-state index in [0.29, 0.717) is 6.04 Å². The van der Waals surface area contributed by atoms with Crippen LogP contribution < -0.4 is 4.90 Å². The van der Waals surface area contributed by atoms with Gasteiger partial charge in [-0.3, -0.25) is 4.90 Å². The summed E-state index contributed by atoms with van der Waals surface area (Å²) < 4.78 is 4.87. The Kier molecular flexibility index (Phi) is 3.11. The zero-order valence-electron chi connectivity index (χ0n) is 12.2. The molecule has 4 rings (SSSR count). The number of aromatic nitrogens is 3. The number of likely N-dealkylation sites (N-methyl/N-ethyl adjacent to an activating group) is 1. The monoisotopic (exact) mass is 285 g/mol. The second-order valence-corrected chi connectivity index (χ2v) is 6.03. The second-order valence-electron chi connectivity index (χ2n) is 6.03. The van der Waals surface area contributed by atoms with Crippen molar-refractivity contribution in [1.29, 1.82) is 0 Å². The molecule has 0 bridgehead atoms. The molecule has 2 aromatic rings. The highest BCUT2D eigenvalue weighted by molar-refractivity contribution is 5.45. The molecule has 0 amide bonds. The number of fused-ring (bicyclic) bond motifs is 1. The maximum atomic E-state index is 4.87. The van der Waals surface area contributed by atoms with E-state index in [-0.39, 0.29) is 0 Å². The Bertz CT molecular complexity index is 621. The minimum Gasteiger partial charge on any atom is -0.364 e. The Hall–Kier alpha value is -1.95. The molecule has 0 spiro atoms. The summed E-state index contributed by atoms with van der Waals surface area (Å²) in [5.41, 5.74) is 3.70. The van der Waals surface area contributed by atoms with Crippen molar-refractivity contribution in [2.75, 3.05) is 25.0 Å². The molecular weight excluding hydrogens is 266 g/mol. The highest BCUT2D eigenvalue weighted by Gasteiger charge is 2.31. The Morgan fingerprint density at radius 2 is 2.24 bits per heavy atom. The molecule has 6 nitrogen and oxygen atoms in total. The molecule has 2 aliphatic rings. The normalized spacial score (nSPS) is 18.1. The average molecular weight is 285 g/mol. The third kappa shape index (κ3) is 2.40. The zero-order chi connectivity index (χ0) is 14.2. The fourth-order valence-electron chi connectivity index (χ4n) is 3.11. The maximum Gasteiger partial charge on any atom is 0.151 e. The summed E-state index contributed by atoms with van der Waals surface area (Å²) in [6, 6.07) is 2.78. The highest BCUT2D eigenvalue weighted by Crippen LogP contribution is 2.26. The van der Waals surface area contributed by atoms with Gasteiger partial charge in [0.05, 0.1) is 11.9 Å². The van der Waals surface area contributed by atoms with Crippen molar-refractivity contribution in [3.63, 3.8) is 0 Å². The number of hydrogen-bond acceptors (Lipinski definition) is 6. The van der Waals surface area contributed by atoms with Gasteiger partial charge in [0, 0.05) is 31.2 Å². The number of anilines is 1. The van der Waals surface area contributed by atoms with Gasteiger partial charge in [0.25, 0.3) is 0 Å². The standard InChI is InChI=1S/C15H19N5O/c1-19(7-11-6-16-21-10-11)13-8-20(9-13)15-5-12-3-2-4-14(12)17-18-15/h5-6,10,13H,2-4,7-9H2,1H3. The van der Waals surface area contributed by atoms with Crippen LogP contribution in [0.2, 0.25) is 0 Å². The summed E-state index contributed by atoms with van der Waals surface area (Å²) in [6.45, 7) is 2.89. The third-order valence-corrected chi connectivity index (χ3v) is 4.53. The highest BCUT2D eigenvalue weighted by atomic mass is 16.5. The largest absolute Gasteiger partial charge is 0.364 e. The first-order valence-corrected chi connectivity index (χ1v) is 7.48. The molecule has 0 N–H and O–H groups in total. The molecule has 6 heteroatoms. The summed E-state index contributed by atoms with van der Waals surface area (Å²) in [5, 5.41) is 12.5. The molecule has 0 unspecified atom stereocenters. The van der Waals surface area contributed by atoms with E-state index in [1.807, 2.05) is 0 Å². The van der Waals surface area contributed by atoms with Gasteiger partial charge in [0.2, 0.25) is 0 Å². The molecule has 0 radical (unpaired) electrons. The molecule has 2 aromatic heterocycles. The van der Waals surface area contributed by atoms with Crippen molar-refractivity contribution < 1.29 is 4.52 Å². The Balaban J connectivity index is 1.36. The van der Waals surface area contributed by atoms with E-state index in [1.54, 1.807) is 12.5 Å². The van der Waals surface area contributed by atoms with Crippen molar-refractivity contribution in [3.05, 3.63) is 35.3 Å². The van der Waals surface area contributed by atoms with Crippen LogP contribution >= 0.6 is 0 Å². The number of aryl methyl sites for hydroxylation is 2. The first kappa shape index (κ1) is 12.8. The van der Waals surface area contributed by atoms with Crippen LogP contribution in [0.5, 0.6) is 0 Å². The van der Waals surface area contributed by atoms with E-state index < -0.39 is 0 Å². The number of nitrogens with zero attached hydrogens (tertiary/aromatic N) is 5. The lowest BCUT2D eigenvalue weighted by molar-refractivity contribution is 0.196. The molecule has 1 saturated heterocycles. The zero-order valence-corrected chi connectivity index (χ0v) is 12.2. The Labute approximate surface area is 123 Å². The smallest absolute Gasteiger partial charge is 0.151 e. The summed E-state index contributed by atoms with van der Waals surface area (Å²) in [6.07, 6.45) is 6.95. The average Bonchev–Trinajstić information content (AvgIpc) is 3.07. The minimum atomic E-state index is 0.551. The summed E-state index contributed by atoms with van der Waals surface area (Å²) in [5.74, 6) is 1.03. The molecule has 21 heavy (non-hydrogen) atoms. The molecule has 0 saturated carbocycles. The van der Waals surface area contributed by atoms with Gasteiger partial charge in [-0.1, -0.05) is 5.16 Å². The molecule has 1 aliphatic heterocycles. The minimum absolute atomic E-state index is 0.551. The van der Waals surface area contributed by atoms with Crippen molar-refractivity contribution in [2.45, 2.75) is 31.8 Å². The van der Waals surface area contributed by atoms with Gasteiger partial charge in [0.15, 0.2) is 5.82 Å². The van der Waals surface area contributed by atoms with Crippen LogP contribution in [-0.2, 0) is 19.4 Å². The first-order chi connectivity index (χ1) is 10.3. The van der Waals surface area contributed by atoms with Gasteiger partial charge in [-0.05, 0) is 37.9 Å². The van der Waals surface area contributed by atoms with Gasteiger partial charge >= 0.3 is 0 Å². The lowest BCUT2D eigenvalue weighted by atomic mass is 10.1. The Morgan fingerprint density at radius 3 is 3.05 bits per heavy atom. The molecule has 110 valence electrons. The topological polar surface area (TPSA) is 58.3 Å². The van der Waals surface area contributed by atoms with Crippen molar-refractivity contribution in [2.24, 2.45) is 0 Å². The van der Waals surface area contributed by atoms with E-state index in [1.165, 1.54) is 17.7 Å². The fourth-order valence-corrected chi connectivity index (χ4v) is 3.11.